The van der Waals surface area contributed by atoms with E-state index in [0.717, 1.165) is 11.8 Å². The lowest BCUT2D eigenvalue weighted by Gasteiger charge is -2.15. The maximum Gasteiger partial charge on any atom is 0.275 e. The van der Waals surface area contributed by atoms with Crippen molar-refractivity contribution in [2.75, 3.05) is 0 Å². The number of nitrogens with one attached hydrogen (secondary N) is 1. The number of hydrogen-bond acceptors (Lipinski definition) is 5. The molecule has 3 rings (SSSR count). The van der Waals surface area contributed by atoms with Crippen LogP contribution in [-0.4, -0.2) is 25.4 Å². The van der Waals surface area contributed by atoms with Crippen molar-refractivity contribution in [3.05, 3.63) is 53.3 Å². The molecule has 1 aliphatic heterocycles. The lowest BCUT2D eigenvalue weighted by Crippen LogP contribution is -2.42. The minimum atomic E-state index is -4.06. The molecule has 2 heterocycles. The Labute approximate surface area is 138 Å². The maximum absolute atomic E-state index is 12.3. The average Bonchev–Trinajstić information content (AvgIpc) is 2.85. The first-order chi connectivity index (χ1) is 10.9. The molecule has 0 radical (unpaired) electrons. The van der Waals surface area contributed by atoms with Crippen LogP contribution in [0.15, 0.2) is 47.6 Å². The monoisotopic (exact) mass is 352 g/mol. The number of rotatable bonds is 3. The molecule has 1 aromatic heterocycles. The van der Waals surface area contributed by atoms with Gasteiger partial charge < -0.3 is 4.74 Å². The predicted octanol–water partition coefficient (Wildman–Crippen LogP) is 2.10. The molecule has 8 heteroatoms. The Morgan fingerprint density at radius 3 is 2.74 bits per heavy atom. The van der Waals surface area contributed by atoms with Crippen LogP contribution in [0.2, 0.25) is 5.02 Å². The minimum Gasteiger partial charge on any atom is -0.480 e. The average molecular weight is 353 g/mol. The predicted molar refractivity (Wildman–Crippen MR) is 83.8 cm³/mol. The first-order valence-electron chi connectivity index (χ1n) is 6.81. The molecule has 0 bridgehead atoms. The van der Waals surface area contributed by atoms with Crippen LogP contribution in [0.1, 0.15) is 18.4 Å². The van der Waals surface area contributed by atoms with Crippen LogP contribution in [0, 0.1) is 0 Å². The molecule has 1 N–H and O–H groups in total. The maximum atomic E-state index is 12.3. The zero-order valence-electron chi connectivity index (χ0n) is 12.1. The van der Waals surface area contributed by atoms with Gasteiger partial charge in [-0.05, 0) is 12.1 Å². The molecule has 1 aromatic carbocycles. The van der Waals surface area contributed by atoms with Crippen molar-refractivity contribution in [2.45, 2.75) is 23.8 Å². The van der Waals surface area contributed by atoms with Crippen LogP contribution in [-0.2, 0) is 14.8 Å². The Hall–Kier alpha value is -2.12. The smallest absolute Gasteiger partial charge is 0.275 e. The lowest BCUT2D eigenvalue weighted by molar-refractivity contribution is -0.126. The minimum absolute atomic E-state index is 0.165. The summed E-state index contributed by atoms with van der Waals surface area (Å²) in [7, 11) is -4.06. The lowest BCUT2D eigenvalue weighted by atomic mass is 9.97. The van der Waals surface area contributed by atoms with Gasteiger partial charge in [-0.3, -0.25) is 9.78 Å². The zero-order valence-corrected chi connectivity index (χ0v) is 13.6. The molecule has 0 fully saturated rings. The van der Waals surface area contributed by atoms with E-state index in [1.165, 1.54) is 12.3 Å². The number of benzene rings is 1. The topological polar surface area (TPSA) is 85.4 Å². The number of hydrogen-bond donors (Lipinski definition) is 1. The Morgan fingerprint density at radius 1 is 1.30 bits per heavy atom. The largest absolute Gasteiger partial charge is 0.480 e. The van der Waals surface area contributed by atoms with Gasteiger partial charge in [-0.15, -0.1) is 0 Å². The van der Waals surface area contributed by atoms with Gasteiger partial charge in [-0.1, -0.05) is 36.7 Å². The standard InChI is InChI=1S/C15H13ClN2O4S/c1-9-12-4-2-3-5-13(12)22-14(9)15(19)18-23(20,21)11-6-10(16)7-17-8-11/h2-9,14H,1H3,(H,18,19). The van der Waals surface area contributed by atoms with Crippen LogP contribution in [0.25, 0.3) is 0 Å². The quantitative estimate of drug-likeness (QED) is 0.914. The first-order valence-corrected chi connectivity index (χ1v) is 8.67. The van der Waals surface area contributed by atoms with Crippen molar-refractivity contribution < 1.29 is 17.9 Å². The fraction of sp³-hybridized carbons (Fsp3) is 0.200. The van der Waals surface area contributed by atoms with Crippen molar-refractivity contribution in [1.82, 2.24) is 9.71 Å². The van der Waals surface area contributed by atoms with Crippen LogP contribution in [0.5, 0.6) is 5.75 Å². The summed E-state index contributed by atoms with van der Waals surface area (Å²) in [5.41, 5.74) is 0.870. The SMILES string of the molecule is CC1c2ccccc2OC1C(=O)NS(=O)(=O)c1cncc(Cl)c1. The molecule has 2 unspecified atom stereocenters. The Balaban J connectivity index is 1.80. The summed E-state index contributed by atoms with van der Waals surface area (Å²) in [6, 6.07) is 8.45. The second kappa shape index (κ2) is 5.82. The molecule has 0 saturated heterocycles. The van der Waals surface area contributed by atoms with Crippen LogP contribution < -0.4 is 9.46 Å². The highest BCUT2D eigenvalue weighted by Gasteiger charge is 2.37. The Morgan fingerprint density at radius 2 is 2.04 bits per heavy atom. The van der Waals surface area contributed by atoms with Crippen molar-refractivity contribution >= 4 is 27.5 Å². The molecular weight excluding hydrogens is 340 g/mol. The summed E-state index contributed by atoms with van der Waals surface area (Å²) in [6.07, 6.45) is 1.52. The summed E-state index contributed by atoms with van der Waals surface area (Å²) < 4.78 is 32.1. The van der Waals surface area contributed by atoms with E-state index in [-0.39, 0.29) is 15.8 Å². The third-order valence-electron chi connectivity index (χ3n) is 3.60. The summed E-state index contributed by atoms with van der Waals surface area (Å²) in [4.78, 5) is 15.9. The van der Waals surface area contributed by atoms with Gasteiger partial charge in [0.25, 0.3) is 15.9 Å². The number of pyridine rings is 1. The van der Waals surface area contributed by atoms with Crippen LogP contribution in [0.4, 0.5) is 0 Å². The van der Waals surface area contributed by atoms with E-state index < -0.39 is 22.0 Å². The third-order valence-corrected chi connectivity index (χ3v) is 5.12. The molecule has 2 aromatic rings. The number of fused-ring (bicyclic) bond motifs is 1. The Bertz CT molecular complexity index is 869. The second-order valence-corrected chi connectivity index (χ2v) is 7.29. The molecule has 1 aliphatic rings. The Kier molecular flexibility index (Phi) is 3.99. The highest BCUT2D eigenvalue weighted by molar-refractivity contribution is 7.90. The summed E-state index contributed by atoms with van der Waals surface area (Å²) in [5, 5.41) is 0.165. The van der Waals surface area contributed by atoms with Gasteiger partial charge >= 0.3 is 0 Å². The number of amides is 1. The van der Waals surface area contributed by atoms with Gasteiger partial charge in [0.1, 0.15) is 10.6 Å². The van der Waals surface area contributed by atoms with Gasteiger partial charge in [-0.25, -0.2) is 13.1 Å². The van der Waals surface area contributed by atoms with Crippen molar-refractivity contribution in [3.63, 3.8) is 0 Å². The van der Waals surface area contributed by atoms with E-state index in [1.807, 2.05) is 23.8 Å². The summed E-state index contributed by atoms with van der Waals surface area (Å²) >= 11 is 5.73. The van der Waals surface area contributed by atoms with E-state index in [1.54, 1.807) is 12.1 Å². The fourth-order valence-electron chi connectivity index (χ4n) is 2.44. The molecule has 0 aliphatic carbocycles. The number of nitrogens with zero attached hydrogens (tertiary/aromatic N) is 1. The molecule has 23 heavy (non-hydrogen) atoms. The molecule has 0 saturated carbocycles. The fourth-order valence-corrected chi connectivity index (χ4v) is 3.65. The number of ether oxygens (including phenoxy) is 1. The zero-order chi connectivity index (χ0) is 16.6. The number of carbonyl (C=O) groups is 1. The van der Waals surface area contributed by atoms with E-state index >= 15 is 0 Å². The van der Waals surface area contributed by atoms with Gasteiger partial charge in [0.05, 0.1) is 5.02 Å². The molecular formula is C15H13ClN2O4S. The van der Waals surface area contributed by atoms with Crippen LogP contribution >= 0.6 is 11.6 Å². The molecule has 0 spiro atoms. The van der Waals surface area contributed by atoms with E-state index in [4.69, 9.17) is 16.3 Å². The summed E-state index contributed by atoms with van der Waals surface area (Å²) in [6.45, 7) is 1.81. The number of sulfonamides is 1. The second-order valence-electron chi connectivity index (χ2n) is 5.17. The van der Waals surface area contributed by atoms with E-state index in [2.05, 4.69) is 4.98 Å². The van der Waals surface area contributed by atoms with Gasteiger partial charge in [0.2, 0.25) is 0 Å². The van der Waals surface area contributed by atoms with Gasteiger partial charge in [0, 0.05) is 23.9 Å². The molecule has 120 valence electrons. The van der Waals surface area contributed by atoms with Crippen molar-refractivity contribution in [2.24, 2.45) is 0 Å². The highest BCUT2D eigenvalue weighted by atomic mass is 35.5. The number of carbonyl (C=O) groups excluding carboxylic acids is 1. The van der Waals surface area contributed by atoms with Crippen molar-refractivity contribution in [1.29, 1.82) is 0 Å². The molecule has 6 nitrogen and oxygen atoms in total. The van der Waals surface area contributed by atoms with E-state index in [0.29, 0.717) is 5.75 Å². The van der Waals surface area contributed by atoms with E-state index in [9.17, 15) is 13.2 Å². The third kappa shape index (κ3) is 3.02. The summed E-state index contributed by atoms with van der Waals surface area (Å²) in [5.74, 6) is -0.394. The van der Waals surface area contributed by atoms with Crippen molar-refractivity contribution in [3.8, 4) is 5.75 Å². The number of aromatic nitrogens is 1. The number of halogens is 1. The number of para-hydroxylation sites is 1. The normalized spacial score (nSPS) is 19.7. The van der Waals surface area contributed by atoms with Crippen LogP contribution in [0.3, 0.4) is 0 Å². The molecule has 2 atom stereocenters. The van der Waals surface area contributed by atoms with Gasteiger partial charge in [0.15, 0.2) is 6.10 Å². The first kappa shape index (κ1) is 15.8. The highest BCUT2D eigenvalue weighted by Crippen LogP contribution is 2.37. The molecule has 1 amide bonds. The van der Waals surface area contributed by atoms with Gasteiger partial charge in [-0.2, -0.15) is 0 Å².